The van der Waals surface area contributed by atoms with Crippen LogP contribution in [0.2, 0.25) is 0 Å². The van der Waals surface area contributed by atoms with E-state index >= 15 is 0 Å². The lowest BCUT2D eigenvalue weighted by molar-refractivity contribution is -0.274. The second-order valence-corrected chi connectivity index (χ2v) is 8.70. The van der Waals surface area contributed by atoms with Crippen molar-refractivity contribution in [1.82, 2.24) is 25.5 Å². The molecular formula is C26H24F3N7OS. The van der Waals surface area contributed by atoms with Crippen molar-refractivity contribution in [2.45, 2.75) is 12.9 Å². The van der Waals surface area contributed by atoms with Crippen LogP contribution in [-0.4, -0.2) is 46.5 Å². The summed E-state index contributed by atoms with van der Waals surface area (Å²) in [5.74, 6) is 0.158. The van der Waals surface area contributed by atoms with Crippen LogP contribution in [0.1, 0.15) is 11.1 Å². The third-order valence-corrected chi connectivity index (χ3v) is 5.49. The van der Waals surface area contributed by atoms with Crippen LogP contribution in [0.25, 0.3) is 17.1 Å². The maximum atomic E-state index is 12.3. The molecule has 1 heterocycles. The number of alkyl halides is 3. The molecule has 4 aromatic rings. The van der Waals surface area contributed by atoms with Gasteiger partial charge in [0, 0.05) is 31.9 Å². The summed E-state index contributed by atoms with van der Waals surface area (Å²) in [7, 11) is 3.98. The zero-order chi connectivity index (χ0) is 27.1. The minimum absolute atomic E-state index is 0.306. The number of halogens is 3. The molecule has 0 aliphatic rings. The molecule has 3 aromatic carbocycles. The van der Waals surface area contributed by atoms with Crippen LogP contribution >= 0.6 is 12.2 Å². The number of nitrogens with one attached hydrogen (secondary N) is 2. The summed E-state index contributed by atoms with van der Waals surface area (Å²) in [6.45, 7) is 0.572. The van der Waals surface area contributed by atoms with Gasteiger partial charge in [-0.15, -0.1) is 18.3 Å². The first-order valence-corrected chi connectivity index (χ1v) is 11.8. The van der Waals surface area contributed by atoms with Gasteiger partial charge < -0.3 is 15.0 Å². The van der Waals surface area contributed by atoms with Gasteiger partial charge in [-0.1, -0.05) is 36.4 Å². The highest BCUT2D eigenvalue weighted by molar-refractivity contribution is 7.80. The summed E-state index contributed by atoms with van der Waals surface area (Å²) in [4.78, 5) is 6.32. The summed E-state index contributed by atoms with van der Waals surface area (Å²) in [6.07, 6.45) is -1.61. The SMILES string of the molecule is CN(C)c1cccc(CNC(=S)N/N=C/c2ccc(-c3ncn(-c4ccc(OC(F)(F)F)cc4)n3)cc2)c1. The van der Waals surface area contributed by atoms with Crippen molar-refractivity contribution in [3.63, 3.8) is 0 Å². The number of benzene rings is 3. The molecule has 0 amide bonds. The second-order valence-electron chi connectivity index (χ2n) is 8.29. The molecule has 0 saturated heterocycles. The average Bonchev–Trinajstić information content (AvgIpc) is 3.38. The maximum absolute atomic E-state index is 12.3. The highest BCUT2D eigenvalue weighted by Gasteiger charge is 2.31. The molecule has 1 aromatic heterocycles. The van der Waals surface area contributed by atoms with Crippen LogP contribution in [0.5, 0.6) is 5.75 Å². The van der Waals surface area contributed by atoms with Gasteiger partial charge in [0.15, 0.2) is 10.9 Å². The van der Waals surface area contributed by atoms with Gasteiger partial charge in [-0.2, -0.15) is 5.10 Å². The fourth-order valence-electron chi connectivity index (χ4n) is 3.37. The lowest BCUT2D eigenvalue weighted by atomic mass is 10.1. The molecule has 0 radical (unpaired) electrons. The Balaban J connectivity index is 1.29. The van der Waals surface area contributed by atoms with E-state index in [4.69, 9.17) is 12.2 Å². The van der Waals surface area contributed by atoms with E-state index in [2.05, 4.69) is 36.7 Å². The normalized spacial score (nSPS) is 11.4. The number of anilines is 1. The van der Waals surface area contributed by atoms with E-state index in [9.17, 15) is 13.2 Å². The van der Waals surface area contributed by atoms with Gasteiger partial charge in [0.2, 0.25) is 0 Å². The van der Waals surface area contributed by atoms with E-state index in [0.717, 1.165) is 22.4 Å². The van der Waals surface area contributed by atoms with Crippen LogP contribution in [0.4, 0.5) is 18.9 Å². The van der Waals surface area contributed by atoms with Crippen LogP contribution in [0.15, 0.2) is 84.2 Å². The number of hydrogen-bond donors (Lipinski definition) is 2. The second kappa shape index (κ2) is 11.7. The first-order chi connectivity index (χ1) is 18.2. The first kappa shape index (κ1) is 26.6. The summed E-state index contributed by atoms with van der Waals surface area (Å²) in [5.41, 5.74) is 7.16. The van der Waals surface area contributed by atoms with E-state index in [0.29, 0.717) is 23.2 Å². The molecule has 2 N–H and O–H groups in total. The van der Waals surface area contributed by atoms with Crippen molar-refractivity contribution in [2.24, 2.45) is 5.10 Å². The molecular weight excluding hydrogens is 515 g/mol. The van der Waals surface area contributed by atoms with Crippen molar-refractivity contribution >= 4 is 29.2 Å². The third-order valence-electron chi connectivity index (χ3n) is 5.26. The number of rotatable bonds is 8. The van der Waals surface area contributed by atoms with E-state index in [1.54, 1.807) is 6.21 Å². The van der Waals surface area contributed by atoms with Crippen LogP contribution < -0.4 is 20.4 Å². The molecule has 0 atom stereocenters. The number of ether oxygens (including phenoxy) is 1. The Morgan fingerprint density at radius 2 is 1.82 bits per heavy atom. The minimum Gasteiger partial charge on any atom is -0.406 e. The van der Waals surface area contributed by atoms with Gasteiger partial charge in [-0.05, 0) is 59.7 Å². The molecule has 0 fully saturated rings. The Bertz CT molecular complexity index is 1400. The Morgan fingerprint density at radius 3 is 2.50 bits per heavy atom. The van der Waals surface area contributed by atoms with Crippen LogP contribution in [0, 0.1) is 0 Å². The predicted octanol–water partition coefficient (Wildman–Crippen LogP) is 4.90. The van der Waals surface area contributed by atoms with Crippen molar-refractivity contribution in [3.8, 4) is 22.8 Å². The van der Waals surface area contributed by atoms with E-state index in [1.165, 1.54) is 35.3 Å². The molecule has 4 rings (SSSR count). The highest BCUT2D eigenvalue weighted by atomic mass is 32.1. The number of thiocarbonyl (C=S) groups is 1. The van der Waals surface area contributed by atoms with Gasteiger partial charge in [-0.3, -0.25) is 5.43 Å². The van der Waals surface area contributed by atoms with Crippen molar-refractivity contribution in [3.05, 3.63) is 90.3 Å². The third kappa shape index (κ3) is 7.53. The molecule has 0 unspecified atom stereocenters. The summed E-state index contributed by atoms with van der Waals surface area (Å²) < 4.78 is 42.4. The topological polar surface area (TPSA) is 79.6 Å². The average molecular weight is 540 g/mol. The van der Waals surface area contributed by atoms with Crippen molar-refractivity contribution in [2.75, 3.05) is 19.0 Å². The lowest BCUT2D eigenvalue weighted by Crippen LogP contribution is -2.31. The number of nitrogens with zero attached hydrogens (tertiary/aromatic N) is 5. The van der Waals surface area contributed by atoms with Gasteiger partial charge in [0.1, 0.15) is 12.1 Å². The smallest absolute Gasteiger partial charge is 0.406 e. The maximum Gasteiger partial charge on any atom is 0.573 e. The number of hydrogen-bond acceptors (Lipinski definition) is 6. The summed E-state index contributed by atoms with van der Waals surface area (Å²) >= 11 is 5.29. The fourth-order valence-corrected chi connectivity index (χ4v) is 3.50. The fraction of sp³-hybridized carbons (Fsp3) is 0.154. The molecule has 0 aliphatic carbocycles. The van der Waals surface area contributed by atoms with Gasteiger partial charge in [-0.25, -0.2) is 9.67 Å². The van der Waals surface area contributed by atoms with E-state index in [-0.39, 0.29) is 5.75 Å². The van der Waals surface area contributed by atoms with Crippen LogP contribution in [-0.2, 0) is 6.54 Å². The van der Waals surface area contributed by atoms with Crippen LogP contribution in [0.3, 0.4) is 0 Å². The quantitative estimate of drug-likeness (QED) is 0.187. The monoisotopic (exact) mass is 539 g/mol. The minimum atomic E-state index is -4.74. The Hall–Kier alpha value is -4.45. The first-order valence-electron chi connectivity index (χ1n) is 11.4. The highest BCUT2D eigenvalue weighted by Crippen LogP contribution is 2.24. The molecule has 12 heteroatoms. The lowest BCUT2D eigenvalue weighted by Gasteiger charge is -2.14. The molecule has 38 heavy (non-hydrogen) atoms. The van der Waals surface area contributed by atoms with Gasteiger partial charge in [0.25, 0.3) is 0 Å². The van der Waals surface area contributed by atoms with E-state index < -0.39 is 6.36 Å². The Labute approximate surface area is 222 Å². The molecule has 0 bridgehead atoms. The zero-order valence-corrected chi connectivity index (χ0v) is 21.3. The van der Waals surface area contributed by atoms with Gasteiger partial charge >= 0.3 is 6.36 Å². The molecule has 0 spiro atoms. The number of aromatic nitrogens is 3. The predicted molar refractivity (Wildman–Crippen MR) is 144 cm³/mol. The van der Waals surface area contributed by atoms with Crippen molar-refractivity contribution in [1.29, 1.82) is 0 Å². The standard InChI is InChI=1S/C26H24F3N7OS/c1-35(2)22-5-3-4-19(14-22)15-30-25(38)33-32-16-18-6-8-20(9-7-18)24-31-17-36(34-24)21-10-12-23(13-11-21)37-26(27,28)29/h3-14,16-17H,15H2,1-2H3,(H2,30,33,38)/b32-16+. The zero-order valence-electron chi connectivity index (χ0n) is 20.5. The molecule has 8 nitrogen and oxygen atoms in total. The van der Waals surface area contributed by atoms with Gasteiger partial charge in [0.05, 0.1) is 11.9 Å². The van der Waals surface area contributed by atoms with E-state index in [1.807, 2.05) is 61.5 Å². The summed E-state index contributed by atoms with van der Waals surface area (Å²) in [5, 5.41) is 12.1. The Morgan fingerprint density at radius 1 is 1.08 bits per heavy atom. The Kier molecular flexibility index (Phi) is 8.22. The largest absolute Gasteiger partial charge is 0.573 e. The number of hydrazone groups is 1. The van der Waals surface area contributed by atoms with Crippen molar-refractivity contribution < 1.29 is 17.9 Å². The molecule has 196 valence electrons. The molecule has 0 aliphatic heterocycles. The summed E-state index contributed by atoms with van der Waals surface area (Å²) in [6, 6.07) is 20.9. The molecule has 0 saturated carbocycles.